The van der Waals surface area contributed by atoms with Gasteiger partial charge in [0.1, 0.15) is 0 Å². The zero-order chi connectivity index (χ0) is 44.7. The van der Waals surface area contributed by atoms with Crippen molar-refractivity contribution in [2.45, 2.75) is 0 Å². The average Bonchev–Trinajstić information content (AvgIpc) is 4.21. The number of rotatable bonds is 7. The standard InChI is InChI=1S/C59H35N7S2/c1-4-15-36(16-5-1)45-35-46(37-17-6-2-7-18-37)61-58(60-45)65-48-26-13-11-24-44(48)53-50(65)30-28-41-34-51(68-55(41)53)40-21-14-22-42(33-40)57-62-56(39-19-8-3-9-20-39)63-59(64-57)66-47-25-12-10-23-43(47)52-49(66)29-27-38-31-32-67-54(38)52/h1-35H. The van der Waals surface area contributed by atoms with Gasteiger partial charge in [0.15, 0.2) is 11.6 Å². The van der Waals surface area contributed by atoms with E-state index in [-0.39, 0.29) is 0 Å². The molecule has 6 heterocycles. The number of para-hydroxylation sites is 2. The molecular weight excluding hydrogens is 871 g/mol. The van der Waals surface area contributed by atoms with Crippen LogP contribution in [0, 0.1) is 0 Å². The van der Waals surface area contributed by atoms with Crippen LogP contribution in [0.1, 0.15) is 0 Å². The topological polar surface area (TPSA) is 74.3 Å². The van der Waals surface area contributed by atoms with Crippen LogP contribution in [0.3, 0.4) is 0 Å². The molecule has 0 N–H and O–H groups in total. The van der Waals surface area contributed by atoms with Crippen LogP contribution in [0.2, 0.25) is 0 Å². The monoisotopic (exact) mass is 905 g/mol. The van der Waals surface area contributed by atoms with Crippen molar-refractivity contribution in [3.63, 3.8) is 0 Å². The molecule has 0 atom stereocenters. The van der Waals surface area contributed by atoms with E-state index < -0.39 is 0 Å². The third-order valence-corrected chi connectivity index (χ3v) is 15.1. The molecule has 9 heteroatoms. The normalized spacial score (nSPS) is 11.8. The van der Waals surface area contributed by atoms with Gasteiger partial charge in [0, 0.05) is 58.1 Å². The summed E-state index contributed by atoms with van der Waals surface area (Å²) >= 11 is 3.57. The van der Waals surface area contributed by atoms with Crippen LogP contribution in [0.15, 0.2) is 212 Å². The van der Waals surface area contributed by atoms with Crippen LogP contribution >= 0.6 is 22.7 Å². The number of thiophene rings is 2. The molecule has 0 amide bonds. The Hall–Kier alpha value is -8.63. The fourth-order valence-corrected chi connectivity index (χ4v) is 11.9. The van der Waals surface area contributed by atoms with Gasteiger partial charge in [-0.3, -0.25) is 9.13 Å². The van der Waals surface area contributed by atoms with Gasteiger partial charge in [-0.05, 0) is 70.2 Å². The Morgan fingerprint density at radius 1 is 0.338 bits per heavy atom. The first kappa shape index (κ1) is 38.6. The molecule has 0 spiro atoms. The first-order chi connectivity index (χ1) is 33.7. The molecular formula is C59H35N7S2. The Balaban J connectivity index is 0.929. The van der Waals surface area contributed by atoms with Crippen molar-refractivity contribution in [3.8, 4) is 67.6 Å². The Morgan fingerprint density at radius 3 is 1.50 bits per heavy atom. The molecule has 14 rings (SSSR count). The van der Waals surface area contributed by atoms with Crippen LogP contribution in [-0.4, -0.2) is 34.1 Å². The van der Waals surface area contributed by atoms with Gasteiger partial charge in [-0.15, -0.1) is 22.7 Å². The minimum atomic E-state index is 0.580. The summed E-state index contributed by atoms with van der Waals surface area (Å²) in [6, 6.07) is 72.1. The van der Waals surface area contributed by atoms with Crippen LogP contribution in [0.4, 0.5) is 0 Å². The molecule has 0 aliphatic rings. The van der Waals surface area contributed by atoms with Gasteiger partial charge in [-0.1, -0.05) is 158 Å². The molecule has 0 radical (unpaired) electrons. The average molecular weight is 906 g/mol. The Labute approximate surface area is 397 Å². The predicted molar refractivity (Wildman–Crippen MR) is 282 cm³/mol. The van der Waals surface area contributed by atoms with E-state index in [1.807, 2.05) is 30.3 Å². The lowest BCUT2D eigenvalue weighted by atomic mass is 10.1. The smallest absolute Gasteiger partial charge is 0.238 e. The number of fused-ring (bicyclic) bond motifs is 10. The zero-order valence-electron chi connectivity index (χ0n) is 36.2. The van der Waals surface area contributed by atoms with Crippen molar-refractivity contribution in [1.82, 2.24) is 34.1 Å². The van der Waals surface area contributed by atoms with E-state index in [1.54, 1.807) is 22.7 Å². The van der Waals surface area contributed by atoms with E-state index in [0.29, 0.717) is 23.5 Å². The van der Waals surface area contributed by atoms with Gasteiger partial charge >= 0.3 is 0 Å². The summed E-state index contributed by atoms with van der Waals surface area (Å²) in [5.74, 6) is 2.44. The lowest BCUT2D eigenvalue weighted by Gasteiger charge is -2.11. The van der Waals surface area contributed by atoms with Crippen molar-refractivity contribution in [2.75, 3.05) is 0 Å². The number of hydrogen-bond acceptors (Lipinski definition) is 7. The molecule has 0 saturated carbocycles. The second-order valence-electron chi connectivity index (χ2n) is 16.9. The Morgan fingerprint density at radius 2 is 0.853 bits per heavy atom. The Bertz CT molecular complexity index is 4210. The molecule has 0 saturated heterocycles. The quantitative estimate of drug-likeness (QED) is 0.159. The summed E-state index contributed by atoms with van der Waals surface area (Å²) < 4.78 is 6.90. The van der Waals surface area contributed by atoms with Crippen molar-refractivity contribution >= 4 is 86.5 Å². The van der Waals surface area contributed by atoms with Gasteiger partial charge in [-0.2, -0.15) is 9.97 Å². The van der Waals surface area contributed by atoms with Crippen LogP contribution in [0.25, 0.3) is 131 Å². The van der Waals surface area contributed by atoms with E-state index >= 15 is 0 Å². The molecule has 0 bridgehead atoms. The van der Waals surface area contributed by atoms with E-state index in [9.17, 15) is 0 Å². The number of aromatic nitrogens is 7. The maximum Gasteiger partial charge on any atom is 0.238 e. The highest BCUT2D eigenvalue weighted by atomic mass is 32.1. The SMILES string of the molecule is c1ccc(-c2cc(-c3ccccc3)nc(-n3c4ccccc4c4c5sc(-c6cccc(-c7nc(-c8ccccc8)nc(-n8c9ccccc9c9c%10sccc%10ccc98)n7)c6)cc5ccc43)n2)cc1. The van der Waals surface area contributed by atoms with Crippen LogP contribution in [-0.2, 0) is 0 Å². The van der Waals surface area contributed by atoms with Gasteiger partial charge in [0.2, 0.25) is 11.9 Å². The highest BCUT2D eigenvalue weighted by Crippen LogP contribution is 2.44. The fraction of sp³-hybridized carbons (Fsp3) is 0. The second-order valence-corrected chi connectivity index (χ2v) is 18.9. The Kier molecular flexibility index (Phi) is 8.80. The van der Waals surface area contributed by atoms with E-state index in [4.69, 9.17) is 24.9 Å². The summed E-state index contributed by atoms with van der Waals surface area (Å²) in [6.07, 6.45) is 0. The van der Waals surface area contributed by atoms with Crippen molar-refractivity contribution in [1.29, 1.82) is 0 Å². The predicted octanol–water partition coefficient (Wildman–Crippen LogP) is 15.6. The fourth-order valence-electron chi connectivity index (χ4n) is 9.77. The maximum absolute atomic E-state index is 5.31. The minimum absolute atomic E-state index is 0.580. The van der Waals surface area contributed by atoms with Crippen LogP contribution < -0.4 is 0 Å². The first-order valence-corrected chi connectivity index (χ1v) is 24.2. The van der Waals surface area contributed by atoms with E-state index in [1.165, 1.54) is 36.3 Å². The molecule has 0 aliphatic carbocycles. The third-order valence-electron chi connectivity index (χ3n) is 12.9. The highest BCUT2D eigenvalue weighted by Gasteiger charge is 2.22. The molecule has 0 fully saturated rings. The molecule has 6 aromatic heterocycles. The van der Waals surface area contributed by atoms with Gasteiger partial charge < -0.3 is 0 Å². The summed E-state index contributed by atoms with van der Waals surface area (Å²) in [7, 11) is 0. The number of nitrogens with zero attached hydrogens (tertiary/aromatic N) is 7. The van der Waals surface area contributed by atoms with Gasteiger partial charge in [0.25, 0.3) is 0 Å². The summed E-state index contributed by atoms with van der Waals surface area (Å²) in [6.45, 7) is 0. The lowest BCUT2D eigenvalue weighted by Crippen LogP contribution is -2.06. The first-order valence-electron chi connectivity index (χ1n) is 22.5. The molecule has 14 aromatic rings. The van der Waals surface area contributed by atoms with Crippen LogP contribution in [0.5, 0.6) is 0 Å². The maximum atomic E-state index is 5.31. The van der Waals surface area contributed by atoms with E-state index in [0.717, 1.165) is 71.5 Å². The molecule has 8 aromatic carbocycles. The summed E-state index contributed by atoms with van der Waals surface area (Å²) in [5.41, 5.74) is 11.0. The van der Waals surface area contributed by atoms with Crippen molar-refractivity contribution < 1.29 is 0 Å². The largest absolute Gasteiger partial charge is 0.278 e. The van der Waals surface area contributed by atoms with Gasteiger partial charge in [0.05, 0.1) is 33.5 Å². The van der Waals surface area contributed by atoms with Gasteiger partial charge in [-0.25, -0.2) is 15.0 Å². The lowest BCUT2D eigenvalue weighted by molar-refractivity contribution is 0.954. The van der Waals surface area contributed by atoms with E-state index in [2.05, 4.69) is 190 Å². The molecule has 68 heavy (non-hydrogen) atoms. The second kappa shape index (κ2) is 15.5. The molecule has 0 unspecified atom stereocenters. The number of benzene rings is 8. The highest BCUT2D eigenvalue weighted by molar-refractivity contribution is 7.23. The summed E-state index contributed by atoms with van der Waals surface area (Å²) in [4.78, 5) is 27.4. The summed E-state index contributed by atoms with van der Waals surface area (Å²) in [5, 5.41) is 9.30. The molecule has 318 valence electrons. The third kappa shape index (κ3) is 6.21. The molecule has 0 aliphatic heterocycles. The minimum Gasteiger partial charge on any atom is -0.278 e. The zero-order valence-corrected chi connectivity index (χ0v) is 37.8. The van der Waals surface area contributed by atoms with Crippen molar-refractivity contribution in [2.24, 2.45) is 0 Å². The molecule has 7 nitrogen and oxygen atoms in total. The number of hydrogen-bond donors (Lipinski definition) is 0. The van der Waals surface area contributed by atoms with Crippen molar-refractivity contribution in [3.05, 3.63) is 212 Å².